The van der Waals surface area contributed by atoms with Crippen LogP contribution in [0.1, 0.15) is 52.8 Å². The summed E-state index contributed by atoms with van der Waals surface area (Å²) in [6, 6.07) is 12.2. The van der Waals surface area contributed by atoms with E-state index in [0.717, 1.165) is 25.7 Å². The molecule has 2 amide bonds. The quantitative estimate of drug-likeness (QED) is 0.791. The zero-order valence-corrected chi connectivity index (χ0v) is 16.3. The third-order valence-corrected chi connectivity index (χ3v) is 4.97. The minimum atomic E-state index is -0.338. The first-order chi connectivity index (χ1) is 13.6. The molecule has 0 saturated heterocycles. The number of amides is 2. The van der Waals surface area contributed by atoms with Gasteiger partial charge in [-0.1, -0.05) is 31.4 Å². The van der Waals surface area contributed by atoms with Crippen molar-refractivity contribution in [3.05, 3.63) is 53.6 Å². The Kier molecular flexibility index (Phi) is 6.53. The van der Waals surface area contributed by atoms with Crippen LogP contribution in [0.5, 0.6) is 11.5 Å². The first-order valence-electron chi connectivity index (χ1n) is 9.55. The van der Waals surface area contributed by atoms with E-state index in [4.69, 9.17) is 9.47 Å². The second-order valence-electron chi connectivity index (χ2n) is 6.91. The van der Waals surface area contributed by atoms with E-state index >= 15 is 0 Å². The van der Waals surface area contributed by atoms with E-state index < -0.39 is 0 Å². The molecule has 2 aromatic carbocycles. The van der Waals surface area contributed by atoms with Gasteiger partial charge in [0.05, 0.1) is 25.5 Å². The van der Waals surface area contributed by atoms with Crippen molar-refractivity contribution in [1.29, 1.82) is 0 Å². The fraction of sp³-hybridized carbons (Fsp3) is 0.364. The maximum atomic E-state index is 12.8. The second-order valence-corrected chi connectivity index (χ2v) is 6.91. The highest BCUT2D eigenvalue weighted by atomic mass is 16.5. The van der Waals surface area contributed by atoms with Gasteiger partial charge in [0, 0.05) is 17.7 Å². The van der Waals surface area contributed by atoms with Crippen molar-refractivity contribution in [2.45, 2.75) is 38.1 Å². The normalized spacial score (nSPS) is 14.2. The van der Waals surface area contributed by atoms with Crippen molar-refractivity contribution in [1.82, 2.24) is 5.32 Å². The molecule has 2 aromatic rings. The summed E-state index contributed by atoms with van der Waals surface area (Å²) in [5.41, 5.74) is 1.32. The third-order valence-electron chi connectivity index (χ3n) is 4.97. The third kappa shape index (κ3) is 4.82. The summed E-state index contributed by atoms with van der Waals surface area (Å²) in [5.74, 6) is 0.543. The molecule has 1 saturated carbocycles. The topological polar surface area (TPSA) is 76.7 Å². The molecular formula is C22H26N2O4. The van der Waals surface area contributed by atoms with Gasteiger partial charge in [0.15, 0.2) is 0 Å². The molecule has 28 heavy (non-hydrogen) atoms. The molecule has 6 heteroatoms. The summed E-state index contributed by atoms with van der Waals surface area (Å²) >= 11 is 0. The Bertz CT molecular complexity index is 822. The molecule has 0 unspecified atom stereocenters. The van der Waals surface area contributed by atoms with Crippen LogP contribution >= 0.6 is 0 Å². The van der Waals surface area contributed by atoms with Crippen molar-refractivity contribution in [2.75, 3.05) is 19.5 Å². The van der Waals surface area contributed by atoms with E-state index in [-0.39, 0.29) is 17.9 Å². The van der Waals surface area contributed by atoms with E-state index in [1.807, 2.05) is 0 Å². The lowest BCUT2D eigenvalue weighted by molar-refractivity contribution is 0.0928. The summed E-state index contributed by atoms with van der Waals surface area (Å²) < 4.78 is 10.4. The van der Waals surface area contributed by atoms with Gasteiger partial charge >= 0.3 is 0 Å². The number of benzene rings is 2. The molecule has 0 bridgehead atoms. The number of hydrogen-bond donors (Lipinski definition) is 2. The van der Waals surface area contributed by atoms with Crippen LogP contribution in [0.25, 0.3) is 0 Å². The Morgan fingerprint density at radius 1 is 0.893 bits per heavy atom. The smallest absolute Gasteiger partial charge is 0.255 e. The van der Waals surface area contributed by atoms with Crippen molar-refractivity contribution < 1.29 is 19.1 Å². The average Bonchev–Trinajstić information content (AvgIpc) is 2.74. The summed E-state index contributed by atoms with van der Waals surface area (Å²) in [4.78, 5) is 25.5. The predicted octanol–water partition coefficient (Wildman–Crippen LogP) is 4.02. The summed E-state index contributed by atoms with van der Waals surface area (Å²) in [6.45, 7) is 0. The maximum Gasteiger partial charge on any atom is 0.255 e. The molecule has 0 aromatic heterocycles. The molecule has 6 nitrogen and oxygen atoms in total. The Balaban J connectivity index is 1.77. The van der Waals surface area contributed by atoms with Crippen LogP contribution in [0.4, 0.5) is 5.69 Å². The zero-order valence-electron chi connectivity index (χ0n) is 16.3. The fourth-order valence-electron chi connectivity index (χ4n) is 3.43. The number of hydrogen-bond acceptors (Lipinski definition) is 4. The predicted molar refractivity (Wildman–Crippen MR) is 108 cm³/mol. The van der Waals surface area contributed by atoms with Gasteiger partial charge in [-0.3, -0.25) is 9.59 Å². The number of para-hydroxylation sites is 1. The second kappa shape index (κ2) is 9.26. The van der Waals surface area contributed by atoms with Crippen LogP contribution in [0, 0.1) is 0 Å². The Labute approximate surface area is 165 Å². The average molecular weight is 382 g/mol. The van der Waals surface area contributed by atoms with Crippen molar-refractivity contribution >= 4 is 17.5 Å². The molecular weight excluding hydrogens is 356 g/mol. The van der Waals surface area contributed by atoms with Crippen LogP contribution in [0.15, 0.2) is 42.5 Å². The van der Waals surface area contributed by atoms with Crippen LogP contribution in [-0.2, 0) is 0 Å². The van der Waals surface area contributed by atoms with Gasteiger partial charge in [0.25, 0.3) is 11.8 Å². The van der Waals surface area contributed by atoms with E-state index in [1.165, 1.54) is 20.6 Å². The van der Waals surface area contributed by atoms with E-state index in [2.05, 4.69) is 10.6 Å². The Morgan fingerprint density at radius 3 is 2.18 bits per heavy atom. The zero-order chi connectivity index (χ0) is 19.9. The van der Waals surface area contributed by atoms with Gasteiger partial charge in [-0.25, -0.2) is 0 Å². The molecule has 0 radical (unpaired) electrons. The maximum absolute atomic E-state index is 12.8. The van der Waals surface area contributed by atoms with Crippen LogP contribution in [-0.4, -0.2) is 32.1 Å². The van der Waals surface area contributed by atoms with Crippen LogP contribution in [0.2, 0.25) is 0 Å². The van der Waals surface area contributed by atoms with Crippen molar-refractivity contribution in [2.24, 2.45) is 0 Å². The SMILES string of the molecule is COc1cc(OC)cc(C(=O)Nc2ccccc2C(=O)NC2CCCCC2)c1. The molecule has 3 rings (SSSR count). The highest BCUT2D eigenvalue weighted by molar-refractivity contribution is 6.09. The van der Waals surface area contributed by atoms with Gasteiger partial charge in [-0.05, 0) is 37.1 Å². The van der Waals surface area contributed by atoms with Gasteiger partial charge in [-0.2, -0.15) is 0 Å². The van der Waals surface area contributed by atoms with E-state index in [1.54, 1.807) is 42.5 Å². The number of rotatable bonds is 6. The summed E-state index contributed by atoms with van der Waals surface area (Å²) in [5, 5.41) is 5.93. The van der Waals surface area contributed by atoms with Gasteiger partial charge in [0.2, 0.25) is 0 Å². The largest absolute Gasteiger partial charge is 0.497 e. The lowest BCUT2D eigenvalue weighted by Crippen LogP contribution is -2.36. The highest BCUT2D eigenvalue weighted by Crippen LogP contribution is 2.24. The van der Waals surface area contributed by atoms with Crippen LogP contribution in [0.3, 0.4) is 0 Å². The lowest BCUT2D eigenvalue weighted by Gasteiger charge is -2.23. The molecule has 0 atom stereocenters. The number of methoxy groups -OCH3 is 2. The summed E-state index contributed by atoms with van der Waals surface area (Å²) in [6.07, 6.45) is 5.51. The van der Waals surface area contributed by atoms with E-state index in [0.29, 0.717) is 28.3 Å². The van der Waals surface area contributed by atoms with Crippen molar-refractivity contribution in [3.8, 4) is 11.5 Å². The summed E-state index contributed by atoms with van der Waals surface area (Å²) in [7, 11) is 3.06. The molecule has 1 aliphatic carbocycles. The van der Waals surface area contributed by atoms with Gasteiger partial charge in [0.1, 0.15) is 11.5 Å². The number of anilines is 1. The minimum Gasteiger partial charge on any atom is -0.497 e. The fourth-order valence-corrected chi connectivity index (χ4v) is 3.43. The lowest BCUT2D eigenvalue weighted by atomic mass is 9.95. The number of carbonyl (C=O) groups excluding carboxylic acids is 2. The van der Waals surface area contributed by atoms with E-state index in [9.17, 15) is 9.59 Å². The van der Waals surface area contributed by atoms with Gasteiger partial charge in [-0.15, -0.1) is 0 Å². The Hall–Kier alpha value is -3.02. The Morgan fingerprint density at radius 2 is 1.54 bits per heavy atom. The highest BCUT2D eigenvalue weighted by Gasteiger charge is 2.19. The first kappa shape index (κ1) is 19.7. The van der Waals surface area contributed by atoms with Crippen molar-refractivity contribution in [3.63, 3.8) is 0 Å². The number of ether oxygens (including phenoxy) is 2. The van der Waals surface area contributed by atoms with Crippen LogP contribution < -0.4 is 20.1 Å². The molecule has 1 aliphatic rings. The van der Waals surface area contributed by atoms with Gasteiger partial charge < -0.3 is 20.1 Å². The molecule has 0 aliphatic heterocycles. The molecule has 148 valence electrons. The monoisotopic (exact) mass is 382 g/mol. The molecule has 0 heterocycles. The molecule has 2 N–H and O–H groups in total. The molecule has 0 spiro atoms. The minimum absolute atomic E-state index is 0.161. The number of nitrogens with one attached hydrogen (secondary N) is 2. The molecule has 1 fully saturated rings. The number of carbonyl (C=O) groups is 2. The standard InChI is InChI=1S/C22H26N2O4/c1-27-17-12-15(13-18(14-17)28-2)21(25)24-20-11-7-6-10-19(20)22(26)23-16-8-4-3-5-9-16/h6-7,10-14,16H,3-5,8-9H2,1-2H3,(H,23,26)(H,24,25). The first-order valence-corrected chi connectivity index (χ1v) is 9.55.